The topological polar surface area (TPSA) is 25.8 Å². The Morgan fingerprint density at radius 3 is 2.67 bits per heavy atom. The molecule has 0 bridgehead atoms. The molecule has 1 heterocycles. The SMILES string of the molecule is Cc1cccc(-c2nccnc2Cl)c1F. The lowest BCUT2D eigenvalue weighted by Gasteiger charge is -2.05. The molecule has 2 aromatic rings. The predicted molar refractivity (Wildman–Crippen MR) is 57.2 cm³/mol. The molecule has 0 spiro atoms. The molecule has 1 aromatic heterocycles. The second kappa shape index (κ2) is 3.95. The fourth-order valence-corrected chi connectivity index (χ4v) is 1.54. The first-order chi connectivity index (χ1) is 7.20. The van der Waals surface area contributed by atoms with Crippen molar-refractivity contribution in [3.05, 3.63) is 47.1 Å². The van der Waals surface area contributed by atoms with Crippen molar-refractivity contribution in [2.45, 2.75) is 6.92 Å². The molecule has 0 aliphatic carbocycles. The van der Waals surface area contributed by atoms with Gasteiger partial charge in [-0.1, -0.05) is 23.7 Å². The van der Waals surface area contributed by atoms with Gasteiger partial charge in [-0.05, 0) is 18.6 Å². The van der Waals surface area contributed by atoms with Gasteiger partial charge < -0.3 is 0 Å². The van der Waals surface area contributed by atoms with Crippen LogP contribution in [0.1, 0.15) is 5.56 Å². The Labute approximate surface area is 91.8 Å². The minimum Gasteiger partial charge on any atom is -0.251 e. The highest BCUT2D eigenvalue weighted by Gasteiger charge is 2.11. The average Bonchev–Trinajstić information content (AvgIpc) is 2.23. The van der Waals surface area contributed by atoms with Crippen LogP contribution in [-0.4, -0.2) is 9.97 Å². The maximum atomic E-state index is 13.7. The maximum absolute atomic E-state index is 13.7. The summed E-state index contributed by atoms with van der Waals surface area (Å²) >= 11 is 5.84. The van der Waals surface area contributed by atoms with Crippen molar-refractivity contribution in [3.8, 4) is 11.3 Å². The van der Waals surface area contributed by atoms with E-state index in [1.54, 1.807) is 25.1 Å². The van der Waals surface area contributed by atoms with Crippen molar-refractivity contribution in [2.75, 3.05) is 0 Å². The molecule has 0 aliphatic rings. The highest BCUT2D eigenvalue weighted by Crippen LogP contribution is 2.27. The lowest BCUT2D eigenvalue weighted by atomic mass is 10.1. The first-order valence-corrected chi connectivity index (χ1v) is 4.80. The second-order valence-corrected chi connectivity index (χ2v) is 3.49. The third kappa shape index (κ3) is 1.83. The number of hydrogen-bond acceptors (Lipinski definition) is 2. The highest BCUT2D eigenvalue weighted by atomic mass is 35.5. The van der Waals surface area contributed by atoms with E-state index in [-0.39, 0.29) is 11.0 Å². The van der Waals surface area contributed by atoms with E-state index in [0.717, 1.165) is 0 Å². The molecule has 0 unspecified atom stereocenters. The van der Waals surface area contributed by atoms with Gasteiger partial charge in [0.2, 0.25) is 0 Å². The van der Waals surface area contributed by atoms with Crippen LogP contribution >= 0.6 is 11.6 Å². The molecular weight excluding hydrogens is 215 g/mol. The number of aryl methyl sites for hydroxylation is 1. The van der Waals surface area contributed by atoms with Crippen LogP contribution in [0, 0.1) is 12.7 Å². The predicted octanol–water partition coefficient (Wildman–Crippen LogP) is 3.24. The summed E-state index contributed by atoms with van der Waals surface area (Å²) in [5.74, 6) is -0.306. The van der Waals surface area contributed by atoms with Crippen molar-refractivity contribution in [1.82, 2.24) is 9.97 Å². The van der Waals surface area contributed by atoms with Crippen LogP contribution in [-0.2, 0) is 0 Å². The number of rotatable bonds is 1. The van der Waals surface area contributed by atoms with Gasteiger partial charge in [0.25, 0.3) is 0 Å². The second-order valence-electron chi connectivity index (χ2n) is 3.13. The summed E-state index contributed by atoms with van der Waals surface area (Å²) in [4.78, 5) is 7.88. The Balaban J connectivity index is 2.65. The number of hydrogen-bond donors (Lipinski definition) is 0. The Hall–Kier alpha value is -1.48. The molecule has 0 aliphatic heterocycles. The highest BCUT2D eigenvalue weighted by molar-refractivity contribution is 6.31. The summed E-state index contributed by atoms with van der Waals surface area (Å²) in [5, 5.41) is 0.210. The van der Waals surface area contributed by atoms with E-state index in [1.807, 2.05) is 0 Å². The van der Waals surface area contributed by atoms with Gasteiger partial charge in [-0.25, -0.2) is 9.37 Å². The Morgan fingerprint density at radius 2 is 1.93 bits per heavy atom. The van der Waals surface area contributed by atoms with Gasteiger partial charge in [0, 0.05) is 18.0 Å². The lowest BCUT2D eigenvalue weighted by molar-refractivity contribution is 0.621. The zero-order valence-corrected chi connectivity index (χ0v) is 8.79. The molecule has 76 valence electrons. The lowest BCUT2D eigenvalue weighted by Crippen LogP contribution is -1.92. The summed E-state index contributed by atoms with van der Waals surface area (Å²) < 4.78 is 13.7. The van der Waals surface area contributed by atoms with Gasteiger partial charge in [0.05, 0.1) is 0 Å². The molecule has 2 rings (SSSR count). The Kier molecular flexibility index (Phi) is 2.64. The Bertz CT molecular complexity index is 500. The van der Waals surface area contributed by atoms with Crippen LogP contribution in [0.25, 0.3) is 11.3 Å². The maximum Gasteiger partial charge on any atom is 0.155 e. The minimum atomic E-state index is -0.306. The number of nitrogens with zero attached hydrogens (tertiary/aromatic N) is 2. The number of halogens is 2. The molecule has 15 heavy (non-hydrogen) atoms. The smallest absolute Gasteiger partial charge is 0.155 e. The van der Waals surface area contributed by atoms with E-state index >= 15 is 0 Å². The first kappa shape index (κ1) is 10.1. The summed E-state index contributed by atoms with van der Waals surface area (Å²) in [7, 11) is 0. The third-order valence-electron chi connectivity index (χ3n) is 2.10. The normalized spacial score (nSPS) is 10.3. The molecule has 2 nitrogen and oxygen atoms in total. The van der Waals surface area contributed by atoms with E-state index in [2.05, 4.69) is 9.97 Å². The molecule has 0 saturated carbocycles. The number of aromatic nitrogens is 2. The average molecular weight is 223 g/mol. The zero-order chi connectivity index (χ0) is 10.8. The molecule has 4 heteroatoms. The van der Waals surface area contributed by atoms with E-state index in [0.29, 0.717) is 16.8 Å². The van der Waals surface area contributed by atoms with Gasteiger partial charge in [-0.2, -0.15) is 0 Å². The van der Waals surface area contributed by atoms with Gasteiger partial charge >= 0.3 is 0 Å². The quantitative estimate of drug-likeness (QED) is 0.740. The number of benzene rings is 1. The van der Waals surface area contributed by atoms with Gasteiger partial charge in [0.15, 0.2) is 5.15 Å². The van der Waals surface area contributed by atoms with Crippen LogP contribution < -0.4 is 0 Å². The molecule has 0 fully saturated rings. The molecule has 0 saturated heterocycles. The Morgan fingerprint density at radius 1 is 1.20 bits per heavy atom. The molecule has 0 amide bonds. The van der Waals surface area contributed by atoms with Gasteiger partial charge in [-0.15, -0.1) is 0 Å². The van der Waals surface area contributed by atoms with Crippen LogP contribution in [0.3, 0.4) is 0 Å². The molecule has 1 aromatic carbocycles. The summed E-state index contributed by atoms with van der Waals surface area (Å²) in [6.07, 6.45) is 2.96. The third-order valence-corrected chi connectivity index (χ3v) is 2.38. The molecule has 0 atom stereocenters. The van der Waals surface area contributed by atoms with Crippen molar-refractivity contribution in [1.29, 1.82) is 0 Å². The largest absolute Gasteiger partial charge is 0.251 e. The molecule has 0 N–H and O–H groups in total. The van der Waals surface area contributed by atoms with Crippen LogP contribution in [0.5, 0.6) is 0 Å². The van der Waals surface area contributed by atoms with Crippen LogP contribution in [0.4, 0.5) is 4.39 Å². The minimum absolute atomic E-state index is 0.210. The summed E-state index contributed by atoms with van der Waals surface area (Å²) in [5.41, 5.74) is 1.32. The molecular formula is C11H8ClFN2. The van der Waals surface area contributed by atoms with E-state index in [4.69, 9.17) is 11.6 Å². The van der Waals surface area contributed by atoms with E-state index < -0.39 is 0 Å². The van der Waals surface area contributed by atoms with Crippen molar-refractivity contribution < 1.29 is 4.39 Å². The summed E-state index contributed by atoms with van der Waals surface area (Å²) in [6, 6.07) is 5.10. The van der Waals surface area contributed by atoms with Crippen molar-refractivity contribution in [2.24, 2.45) is 0 Å². The molecule has 0 radical (unpaired) electrons. The van der Waals surface area contributed by atoms with Crippen molar-refractivity contribution >= 4 is 11.6 Å². The monoisotopic (exact) mass is 222 g/mol. The van der Waals surface area contributed by atoms with Gasteiger partial charge in [-0.3, -0.25) is 4.98 Å². The van der Waals surface area contributed by atoms with Crippen molar-refractivity contribution in [3.63, 3.8) is 0 Å². The van der Waals surface area contributed by atoms with Crippen LogP contribution in [0.15, 0.2) is 30.6 Å². The van der Waals surface area contributed by atoms with Crippen LogP contribution in [0.2, 0.25) is 5.15 Å². The van der Waals surface area contributed by atoms with E-state index in [9.17, 15) is 4.39 Å². The first-order valence-electron chi connectivity index (χ1n) is 4.42. The van der Waals surface area contributed by atoms with Gasteiger partial charge in [0.1, 0.15) is 11.5 Å². The fraction of sp³-hybridized carbons (Fsp3) is 0.0909. The zero-order valence-electron chi connectivity index (χ0n) is 8.04. The van der Waals surface area contributed by atoms with E-state index in [1.165, 1.54) is 12.4 Å². The standard InChI is InChI=1S/C11H8ClFN2/c1-7-3-2-4-8(9(7)13)10-11(12)15-6-5-14-10/h2-6H,1H3. The summed E-state index contributed by atoms with van der Waals surface area (Å²) in [6.45, 7) is 1.70. The fourth-order valence-electron chi connectivity index (χ4n) is 1.33.